The molecule has 9 heteroatoms. The number of aliphatic carboxylic acids is 1. The van der Waals surface area contributed by atoms with Crippen molar-refractivity contribution in [3.05, 3.63) is 17.7 Å². The van der Waals surface area contributed by atoms with Crippen LogP contribution in [0.25, 0.3) is 0 Å². The van der Waals surface area contributed by atoms with Crippen molar-refractivity contribution in [1.82, 2.24) is 9.80 Å². The van der Waals surface area contributed by atoms with Gasteiger partial charge < -0.3 is 29.1 Å². The van der Waals surface area contributed by atoms with Gasteiger partial charge in [-0.2, -0.15) is 0 Å². The predicted octanol–water partition coefficient (Wildman–Crippen LogP) is 1.11. The van der Waals surface area contributed by atoms with Crippen molar-refractivity contribution in [2.24, 2.45) is 5.92 Å². The summed E-state index contributed by atoms with van der Waals surface area (Å²) in [5.74, 6) is -0.757. The van der Waals surface area contributed by atoms with Gasteiger partial charge in [0.25, 0.3) is 5.91 Å². The Morgan fingerprint density at radius 1 is 1.07 bits per heavy atom. The summed E-state index contributed by atoms with van der Waals surface area (Å²) in [6.45, 7) is 0.650. The highest BCUT2D eigenvalue weighted by molar-refractivity contribution is 5.97. The molecule has 9 nitrogen and oxygen atoms in total. The third-order valence-corrected chi connectivity index (χ3v) is 4.83. The molecule has 0 unspecified atom stereocenters. The van der Waals surface area contributed by atoms with Crippen molar-refractivity contribution in [1.29, 1.82) is 0 Å². The number of carbonyl (C=O) groups excluding carboxylic acids is 2. The van der Waals surface area contributed by atoms with Crippen molar-refractivity contribution in [3.8, 4) is 17.2 Å². The number of methoxy groups -OCH3 is 3. The number of likely N-dealkylation sites (tertiary alicyclic amines) is 1. The van der Waals surface area contributed by atoms with E-state index in [0.717, 1.165) is 0 Å². The quantitative estimate of drug-likeness (QED) is 0.738. The molecule has 1 aromatic carbocycles. The second kappa shape index (κ2) is 9.29. The number of carbonyl (C=O) groups is 3. The molecule has 1 heterocycles. The SMILES string of the molecule is COc1cc(C(=O)N(C)CC(=O)N2CCC(C(=O)O)CC2)cc(OC)c1OC. The monoisotopic (exact) mass is 394 g/mol. The van der Waals surface area contributed by atoms with Crippen LogP contribution in [0.5, 0.6) is 17.2 Å². The molecular formula is C19H26N2O7. The number of benzene rings is 1. The van der Waals surface area contributed by atoms with E-state index in [2.05, 4.69) is 0 Å². The molecule has 0 aromatic heterocycles. The number of carboxylic acids is 1. The van der Waals surface area contributed by atoms with Crippen LogP contribution < -0.4 is 14.2 Å². The Morgan fingerprint density at radius 3 is 2.04 bits per heavy atom. The first kappa shape index (κ1) is 21.3. The number of carboxylic acid groups (broad SMARTS) is 1. The summed E-state index contributed by atoms with van der Waals surface area (Å²) >= 11 is 0. The summed E-state index contributed by atoms with van der Waals surface area (Å²) in [6.07, 6.45) is 0.844. The summed E-state index contributed by atoms with van der Waals surface area (Å²) in [4.78, 5) is 39.2. The standard InChI is InChI=1S/C19H26N2O7/c1-20(11-16(22)21-7-5-12(6-8-21)19(24)25)18(23)13-9-14(26-2)17(28-4)15(10-13)27-3/h9-10,12H,5-8,11H2,1-4H3,(H,24,25). The van der Waals surface area contributed by atoms with Gasteiger partial charge in [-0.1, -0.05) is 0 Å². The van der Waals surface area contributed by atoms with Crippen LogP contribution in [0.3, 0.4) is 0 Å². The topological polar surface area (TPSA) is 106 Å². The van der Waals surface area contributed by atoms with Crippen molar-refractivity contribution in [2.45, 2.75) is 12.8 Å². The largest absolute Gasteiger partial charge is 0.493 e. The Bertz CT molecular complexity index is 717. The molecule has 1 N–H and O–H groups in total. The Labute approximate surface area is 163 Å². The van der Waals surface area contributed by atoms with Gasteiger partial charge in [0.05, 0.1) is 33.8 Å². The minimum absolute atomic E-state index is 0.104. The molecule has 28 heavy (non-hydrogen) atoms. The van der Waals surface area contributed by atoms with Gasteiger partial charge in [0.2, 0.25) is 11.7 Å². The van der Waals surface area contributed by atoms with Gasteiger partial charge in [0, 0.05) is 25.7 Å². The van der Waals surface area contributed by atoms with Gasteiger partial charge in [-0.25, -0.2) is 0 Å². The van der Waals surface area contributed by atoms with Crippen LogP contribution in [0, 0.1) is 5.92 Å². The van der Waals surface area contributed by atoms with E-state index < -0.39 is 11.9 Å². The van der Waals surface area contributed by atoms with E-state index in [4.69, 9.17) is 19.3 Å². The molecule has 1 aliphatic heterocycles. The van der Waals surface area contributed by atoms with Crippen molar-refractivity contribution in [2.75, 3.05) is 48.0 Å². The number of likely N-dealkylation sites (N-methyl/N-ethyl adjacent to an activating group) is 1. The summed E-state index contributed by atoms with van der Waals surface area (Å²) in [7, 11) is 5.92. The minimum Gasteiger partial charge on any atom is -0.493 e. The normalized spacial score (nSPS) is 14.4. The Balaban J connectivity index is 2.06. The van der Waals surface area contributed by atoms with Gasteiger partial charge in [0.15, 0.2) is 11.5 Å². The highest BCUT2D eigenvalue weighted by Gasteiger charge is 2.28. The lowest BCUT2D eigenvalue weighted by Crippen LogP contribution is -2.45. The predicted molar refractivity (Wildman–Crippen MR) is 100.0 cm³/mol. The van der Waals surface area contributed by atoms with Crippen LogP contribution >= 0.6 is 0 Å². The molecule has 1 saturated heterocycles. The number of rotatable bonds is 7. The first-order chi connectivity index (χ1) is 13.3. The lowest BCUT2D eigenvalue weighted by atomic mass is 9.97. The van der Waals surface area contributed by atoms with E-state index in [1.807, 2.05) is 0 Å². The molecule has 0 aliphatic carbocycles. The van der Waals surface area contributed by atoms with Gasteiger partial charge in [0.1, 0.15) is 0 Å². The zero-order chi connectivity index (χ0) is 20.8. The average Bonchev–Trinajstić information content (AvgIpc) is 2.71. The van der Waals surface area contributed by atoms with Gasteiger partial charge >= 0.3 is 5.97 Å². The van der Waals surface area contributed by atoms with Gasteiger partial charge in [-0.05, 0) is 25.0 Å². The van der Waals surface area contributed by atoms with E-state index in [1.54, 1.807) is 4.90 Å². The van der Waals surface area contributed by atoms with E-state index in [-0.39, 0.29) is 18.4 Å². The van der Waals surface area contributed by atoms with E-state index >= 15 is 0 Å². The van der Waals surface area contributed by atoms with Crippen LogP contribution in [0.2, 0.25) is 0 Å². The number of ether oxygens (including phenoxy) is 3. The molecule has 154 valence electrons. The first-order valence-electron chi connectivity index (χ1n) is 8.88. The fourth-order valence-electron chi connectivity index (χ4n) is 3.18. The summed E-state index contributed by atoms with van der Waals surface area (Å²) in [5, 5.41) is 9.04. The zero-order valence-corrected chi connectivity index (χ0v) is 16.6. The molecule has 1 aliphatic rings. The molecule has 0 saturated carbocycles. The maximum absolute atomic E-state index is 12.8. The Kier molecular flexibility index (Phi) is 7.08. The second-order valence-electron chi connectivity index (χ2n) is 6.57. The summed E-state index contributed by atoms with van der Waals surface area (Å²) < 4.78 is 15.8. The third-order valence-electron chi connectivity index (χ3n) is 4.83. The minimum atomic E-state index is -0.832. The number of hydrogen-bond acceptors (Lipinski definition) is 6. The third kappa shape index (κ3) is 4.65. The maximum Gasteiger partial charge on any atom is 0.306 e. The number of amides is 2. The zero-order valence-electron chi connectivity index (χ0n) is 16.6. The molecule has 0 bridgehead atoms. The van der Waals surface area contributed by atoms with E-state index in [1.165, 1.54) is 45.4 Å². The number of nitrogens with zero attached hydrogens (tertiary/aromatic N) is 2. The molecule has 0 atom stereocenters. The van der Waals surface area contributed by atoms with E-state index in [0.29, 0.717) is 48.7 Å². The second-order valence-corrected chi connectivity index (χ2v) is 6.57. The summed E-state index contributed by atoms with van der Waals surface area (Å²) in [5.41, 5.74) is 0.300. The number of hydrogen-bond donors (Lipinski definition) is 1. The van der Waals surface area contributed by atoms with E-state index in [9.17, 15) is 14.4 Å². The smallest absolute Gasteiger partial charge is 0.306 e. The highest BCUT2D eigenvalue weighted by atomic mass is 16.5. The lowest BCUT2D eigenvalue weighted by Gasteiger charge is -2.31. The van der Waals surface area contributed by atoms with Crippen LogP contribution in [0.4, 0.5) is 0 Å². The maximum atomic E-state index is 12.8. The van der Waals surface area contributed by atoms with Crippen LogP contribution in [-0.4, -0.2) is 80.7 Å². The lowest BCUT2D eigenvalue weighted by molar-refractivity contribution is -0.145. The highest BCUT2D eigenvalue weighted by Crippen LogP contribution is 2.38. The van der Waals surface area contributed by atoms with Crippen molar-refractivity contribution >= 4 is 17.8 Å². The molecule has 1 fully saturated rings. The van der Waals surface area contributed by atoms with Gasteiger partial charge in [-0.3, -0.25) is 14.4 Å². The molecule has 2 rings (SSSR count). The average molecular weight is 394 g/mol. The van der Waals surface area contributed by atoms with Crippen LogP contribution in [-0.2, 0) is 9.59 Å². The fraction of sp³-hybridized carbons (Fsp3) is 0.526. The first-order valence-corrected chi connectivity index (χ1v) is 8.88. The molecular weight excluding hydrogens is 368 g/mol. The van der Waals surface area contributed by atoms with Crippen molar-refractivity contribution in [3.63, 3.8) is 0 Å². The molecule has 0 radical (unpaired) electrons. The fourth-order valence-corrected chi connectivity index (χ4v) is 3.18. The Hall–Kier alpha value is -2.97. The van der Waals surface area contributed by atoms with Gasteiger partial charge in [-0.15, -0.1) is 0 Å². The van der Waals surface area contributed by atoms with Crippen LogP contribution in [0.15, 0.2) is 12.1 Å². The molecule has 0 spiro atoms. The molecule has 2 amide bonds. The number of piperidine rings is 1. The van der Waals surface area contributed by atoms with Crippen LogP contribution in [0.1, 0.15) is 23.2 Å². The Morgan fingerprint density at radius 2 is 1.61 bits per heavy atom. The van der Waals surface area contributed by atoms with Crippen molar-refractivity contribution < 1.29 is 33.7 Å². The summed E-state index contributed by atoms with van der Waals surface area (Å²) in [6, 6.07) is 3.06. The molecule has 1 aromatic rings.